The predicted molar refractivity (Wildman–Crippen MR) is 82.7 cm³/mol. The van der Waals surface area contributed by atoms with Crippen LogP contribution >= 0.6 is 11.6 Å². The molecule has 0 saturated carbocycles. The van der Waals surface area contributed by atoms with Crippen molar-refractivity contribution in [2.75, 3.05) is 14.1 Å². The van der Waals surface area contributed by atoms with Crippen molar-refractivity contribution in [3.05, 3.63) is 64.4 Å². The van der Waals surface area contributed by atoms with Crippen LogP contribution < -0.4 is 0 Å². The predicted octanol–water partition coefficient (Wildman–Crippen LogP) is 4.54. The number of hydrogen-bond acceptors (Lipinski definition) is 3. The van der Waals surface area contributed by atoms with Crippen LogP contribution in [0.4, 0.5) is 18.0 Å². The van der Waals surface area contributed by atoms with E-state index in [-0.39, 0.29) is 16.1 Å². The van der Waals surface area contributed by atoms with E-state index < -0.39 is 23.9 Å². The molecule has 2 aromatic rings. The van der Waals surface area contributed by atoms with Gasteiger partial charge in [-0.25, -0.2) is 4.79 Å². The standard InChI is InChI=1S/C16H14ClF3N2O2/c1-22(2)15(23)24-14(11-9-21-8-7-13(11)17)10-5-3-4-6-12(10)16(18,19)20/h3-9,14H,1-2H3. The van der Waals surface area contributed by atoms with Crippen LogP contribution in [0.15, 0.2) is 42.7 Å². The van der Waals surface area contributed by atoms with Gasteiger partial charge in [-0.1, -0.05) is 29.8 Å². The molecule has 1 heterocycles. The third-order valence-electron chi connectivity index (χ3n) is 3.21. The molecule has 2 rings (SSSR count). The summed E-state index contributed by atoms with van der Waals surface area (Å²) < 4.78 is 45.2. The Hall–Kier alpha value is -2.28. The van der Waals surface area contributed by atoms with E-state index in [1.165, 1.54) is 50.8 Å². The summed E-state index contributed by atoms with van der Waals surface area (Å²) in [6, 6.07) is 6.30. The van der Waals surface area contributed by atoms with E-state index in [4.69, 9.17) is 16.3 Å². The van der Waals surface area contributed by atoms with Crippen LogP contribution in [-0.4, -0.2) is 30.1 Å². The smallest absolute Gasteiger partial charge is 0.416 e. The minimum absolute atomic E-state index is 0.151. The van der Waals surface area contributed by atoms with Crippen LogP contribution in [0.3, 0.4) is 0 Å². The van der Waals surface area contributed by atoms with Gasteiger partial charge in [0.1, 0.15) is 0 Å². The molecule has 8 heteroatoms. The number of aromatic nitrogens is 1. The monoisotopic (exact) mass is 358 g/mol. The molecule has 1 aromatic heterocycles. The average Bonchev–Trinajstić information content (AvgIpc) is 2.52. The summed E-state index contributed by atoms with van der Waals surface area (Å²) >= 11 is 6.07. The number of rotatable bonds is 3. The molecule has 1 atom stereocenters. The molecule has 0 spiro atoms. The number of hydrogen-bond donors (Lipinski definition) is 0. The SMILES string of the molecule is CN(C)C(=O)OC(c1cnccc1Cl)c1ccccc1C(F)(F)F. The summed E-state index contributed by atoms with van der Waals surface area (Å²) in [4.78, 5) is 16.9. The zero-order chi connectivity index (χ0) is 17.9. The zero-order valence-electron chi connectivity index (χ0n) is 12.8. The lowest BCUT2D eigenvalue weighted by molar-refractivity contribution is -0.139. The molecule has 0 saturated heterocycles. The van der Waals surface area contributed by atoms with Gasteiger partial charge < -0.3 is 9.64 Å². The number of carbonyl (C=O) groups excluding carboxylic acids is 1. The highest BCUT2D eigenvalue weighted by Crippen LogP contribution is 2.39. The molecule has 0 radical (unpaired) electrons. The Morgan fingerprint density at radius 1 is 1.21 bits per heavy atom. The second kappa shape index (κ2) is 7.09. The molecule has 1 amide bonds. The Morgan fingerprint density at radius 3 is 2.46 bits per heavy atom. The van der Waals surface area contributed by atoms with Crippen LogP contribution in [0, 0.1) is 0 Å². The topological polar surface area (TPSA) is 42.4 Å². The number of halogens is 4. The molecule has 1 unspecified atom stereocenters. The van der Waals surface area contributed by atoms with Crippen molar-refractivity contribution in [3.63, 3.8) is 0 Å². The van der Waals surface area contributed by atoms with Crippen LogP contribution in [0.2, 0.25) is 5.02 Å². The Morgan fingerprint density at radius 2 is 1.88 bits per heavy atom. The van der Waals surface area contributed by atoms with Gasteiger partial charge in [-0.3, -0.25) is 4.98 Å². The van der Waals surface area contributed by atoms with E-state index in [2.05, 4.69) is 4.98 Å². The molecule has 0 bridgehead atoms. The highest BCUT2D eigenvalue weighted by atomic mass is 35.5. The van der Waals surface area contributed by atoms with Crippen LogP contribution in [0.1, 0.15) is 22.8 Å². The third kappa shape index (κ3) is 3.97. The van der Waals surface area contributed by atoms with Crippen molar-refractivity contribution < 1.29 is 22.7 Å². The Kier molecular flexibility index (Phi) is 5.33. The number of nitrogens with zero attached hydrogens (tertiary/aromatic N) is 2. The molecule has 0 aliphatic carbocycles. The maximum absolute atomic E-state index is 13.3. The van der Waals surface area contributed by atoms with Crippen molar-refractivity contribution in [1.29, 1.82) is 0 Å². The van der Waals surface area contributed by atoms with Crippen LogP contribution in [0.5, 0.6) is 0 Å². The molecular formula is C16H14ClF3N2O2. The van der Waals surface area contributed by atoms with Crippen LogP contribution in [0.25, 0.3) is 0 Å². The molecule has 128 valence electrons. The number of amides is 1. The van der Waals surface area contributed by atoms with Gasteiger partial charge in [-0.05, 0) is 12.1 Å². The first-order valence-electron chi connectivity index (χ1n) is 6.85. The molecule has 24 heavy (non-hydrogen) atoms. The highest BCUT2D eigenvalue weighted by molar-refractivity contribution is 6.31. The summed E-state index contributed by atoms with van der Waals surface area (Å²) in [6.45, 7) is 0. The van der Waals surface area contributed by atoms with Gasteiger partial charge in [0.25, 0.3) is 0 Å². The Labute approximate surface area is 141 Å². The second-order valence-corrected chi connectivity index (χ2v) is 5.55. The van der Waals surface area contributed by atoms with Crippen molar-refractivity contribution in [2.45, 2.75) is 12.3 Å². The van der Waals surface area contributed by atoms with E-state index >= 15 is 0 Å². The van der Waals surface area contributed by atoms with E-state index in [0.717, 1.165) is 11.0 Å². The fourth-order valence-electron chi connectivity index (χ4n) is 2.07. The minimum Gasteiger partial charge on any atom is -0.436 e. The lowest BCUT2D eigenvalue weighted by Crippen LogP contribution is -2.26. The lowest BCUT2D eigenvalue weighted by atomic mass is 9.97. The maximum Gasteiger partial charge on any atom is 0.416 e. The first kappa shape index (κ1) is 18.1. The zero-order valence-corrected chi connectivity index (χ0v) is 13.6. The van der Waals surface area contributed by atoms with Gasteiger partial charge in [-0.2, -0.15) is 13.2 Å². The lowest BCUT2D eigenvalue weighted by Gasteiger charge is -2.24. The second-order valence-electron chi connectivity index (χ2n) is 5.14. The summed E-state index contributed by atoms with van der Waals surface area (Å²) in [5.41, 5.74) is -0.942. The first-order valence-corrected chi connectivity index (χ1v) is 7.23. The van der Waals surface area contributed by atoms with Gasteiger partial charge in [0.2, 0.25) is 0 Å². The van der Waals surface area contributed by atoms with Crippen molar-refractivity contribution >= 4 is 17.7 Å². The summed E-state index contributed by atoms with van der Waals surface area (Å²) in [5.74, 6) is 0. The quantitative estimate of drug-likeness (QED) is 0.808. The summed E-state index contributed by atoms with van der Waals surface area (Å²) in [5, 5.41) is 0.151. The fraction of sp³-hybridized carbons (Fsp3) is 0.250. The molecule has 4 nitrogen and oxygen atoms in total. The fourth-order valence-corrected chi connectivity index (χ4v) is 2.27. The highest BCUT2D eigenvalue weighted by Gasteiger charge is 2.37. The molecule has 0 aliphatic heterocycles. The normalized spacial score (nSPS) is 12.6. The largest absolute Gasteiger partial charge is 0.436 e. The van der Waals surface area contributed by atoms with Gasteiger partial charge in [0.05, 0.1) is 10.6 Å². The van der Waals surface area contributed by atoms with Crippen LogP contribution in [-0.2, 0) is 10.9 Å². The molecular weight excluding hydrogens is 345 g/mol. The van der Waals surface area contributed by atoms with E-state index in [1.807, 2.05) is 0 Å². The molecule has 0 fully saturated rings. The third-order valence-corrected chi connectivity index (χ3v) is 3.56. The van der Waals surface area contributed by atoms with E-state index in [1.54, 1.807) is 0 Å². The molecule has 1 aromatic carbocycles. The Balaban J connectivity index is 2.60. The number of carbonyl (C=O) groups is 1. The number of ether oxygens (including phenoxy) is 1. The molecule has 0 aliphatic rings. The van der Waals surface area contributed by atoms with Gasteiger partial charge in [-0.15, -0.1) is 0 Å². The first-order chi connectivity index (χ1) is 11.2. The molecule has 0 N–H and O–H groups in total. The van der Waals surface area contributed by atoms with Gasteiger partial charge in [0, 0.05) is 37.6 Å². The Bertz CT molecular complexity index is 735. The number of benzene rings is 1. The average molecular weight is 359 g/mol. The van der Waals surface area contributed by atoms with Crippen molar-refractivity contribution in [2.24, 2.45) is 0 Å². The summed E-state index contributed by atoms with van der Waals surface area (Å²) in [6.07, 6.45) is -4.06. The number of alkyl halides is 3. The minimum atomic E-state index is -4.60. The van der Waals surface area contributed by atoms with Gasteiger partial charge in [0.15, 0.2) is 6.10 Å². The van der Waals surface area contributed by atoms with Gasteiger partial charge >= 0.3 is 12.3 Å². The number of pyridine rings is 1. The van der Waals surface area contributed by atoms with Crippen molar-refractivity contribution in [1.82, 2.24) is 9.88 Å². The van der Waals surface area contributed by atoms with E-state index in [9.17, 15) is 18.0 Å². The summed E-state index contributed by atoms with van der Waals surface area (Å²) in [7, 11) is 2.86. The van der Waals surface area contributed by atoms with Crippen molar-refractivity contribution in [3.8, 4) is 0 Å². The maximum atomic E-state index is 13.3. The van der Waals surface area contributed by atoms with E-state index in [0.29, 0.717) is 0 Å².